The van der Waals surface area contributed by atoms with Gasteiger partial charge in [-0.05, 0) is 29.5 Å². The second kappa shape index (κ2) is 4.05. The summed E-state index contributed by atoms with van der Waals surface area (Å²) in [5.74, 6) is -0.351. The number of pyridine rings is 1. The Hall–Kier alpha value is -0.690. The van der Waals surface area contributed by atoms with Crippen LogP contribution < -0.4 is 0 Å². The molecule has 2 aromatic heterocycles. The Balaban J connectivity index is 2.75. The molecule has 0 aliphatic carbocycles. The van der Waals surface area contributed by atoms with E-state index >= 15 is 0 Å². The molecule has 0 unspecified atom stereocenters. The van der Waals surface area contributed by atoms with E-state index in [4.69, 9.17) is 5.11 Å². The molecule has 5 heteroatoms. The van der Waals surface area contributed by atoms with Crippen LogP contribution in [0.3, 0.4) is 0 Å². The van der Waals surface area contributed by atoms with Crippen LogP contribution in [0, 0.1) is 9.39 Å². The van der Waals surface area contributed by atoms with Crippen LogP contribution in [-0.2, 0) is 0 Å². The van der Waals surface area contributed by atoms with Gasteiger partial charge in [-0.15, -0.1) is 0 Å². The van der Waals surface area contributed by atoms with E-state index < -0.39 is 0 Å². The molecule has 0 aliphatic heterocycles. The van der Waals surface area contributed by atoms with E-state index in [2.05, 4.69) is 27.6 Å². The number of hydrogen-bond donors (Lipinski definition) is 1. The predicted molar refractivity (Wildman–Crippen MR) is 64.2 cm³/mol. The second-order valence-corrected chi connectivity index (χ2v) is 4.60. The number of aliphatic hydroxyl groups excluding tert-OH is 1. The Morgan fingerprint density at radius 3 is 3.00 bits per heavy atom. The van der Waals surface area contributed by atoms with E-state index in [1.54, 1.807) is 10.8 Å². The highest BCUT2D eigenvalue weighted by molar-refractivity contribution is 14.1. The van der Waals surface area contributed by atoms with Gasteiger partial charge >= 0.3 is 0 Å². The zero-order valence-corrected chi connectivity index (χ0v) is 10.3. The van der Waals surface area contributed by atoms with Crippen molar-refractivity contribution in [2.75, 3.05) is 6.61 Å². The molecule has 2 rings (SSSR count). The summed E-state index contributed by atoms with van der Waals surface area (Å²) in [5, 5.41) is 9.87. The topological polar surface area (TPSA) is 38.0 Å². The van der Waals surface area contributed by atoms with Gasteiger partial charge in [0.25, 0.3) is 0 Å². The first-order valence-electron chi connectivity index (χ1n) is 4.55. The standard InChI is InChI=1S/C10H10FIN2O/c1-6(5-15)14-4-9(12)7-2-13-3-8(11)10(7)14/h2-4,6,15H,5H2,1H3/t6-/m0/s1. The van der Waals surface area contributed by atoms with Crippen LogP contribution in [-0.4, -0.2) is 21.3 Å². The molecule has 1 N–H and O–H groups in total. The fourth-order valence-electron chi connectivity index (χ4n) is 1.56. The lowest BCUT2D eigenvalue weighted by atomic mass is 10.3. The van der Waals surface area contributed by atoms with Gasteiger partial charge < -0.3 is 9.67 Å². The summed E-state index contributed by atoms with van der Waals surface area (Å²) in [6, 6.07) is -0.132. The van der Waals surface area contributed by atoms with Crippen LogP contribution in [0.2, 0.25) is 0 Å². The van der Waals surface area contributed by atoms with Crippen molar-refractivity contribution in [3.05, 3.63) is 28.0 Å². The zero-order chi connectivity index (χ0) is 11.0. The number of hydrogen-bond acceptors (Lipinski definition) is 2. The van der Waals surface area contributed by atoms with Gasteiger partial charge in [0.15, 0.2) is 5.82 Å². The van der Waals surface area contributed by atoms with Gasteiger partial charge in [0.05, 0.1) is 24.4 Å². The first-order chi connectivity index (χ1) is 7.15. The Morgan fingerprint density at radius 1 is 1.60 bits per heavy atom. The number of nitrogens with zero attached hydrogens (tertiary/aromatic N) is 2. The van der Waals surface area contributed by atoms with Crippen molar-refractivity contribution in [1.29, 1.82) is 0 Å². The minimum atomic E-state index is -0.351. The third kappa shape index (κ3) is 1.74. The van der Waals surface area contributed by atoms with Gasteiger partial charge in [-0.1, -0.05) is 0 Å². The monoisotopic (exact) mass is 320 g/mol. The summed E-state index contributed by atoms with van der Waals surface area (Å²) >= 11 is 2.14. The Morgan fingerprint density at radius 2 is 2.33 bits per heavy atom. The highest BCUT2D eigenvalue weighted by atomic mass is 127. The number of aliphatic hydroxyl groups is 1. The maximum Gasteiger partial charge on any atom is 0.165 e. The van der Waals surface area contributed by atoms with Crippen LogP contribution in [0.15, 0.2) is 18.6 Å². The number of aromatic nitrogens is 2. The van der Waals surface area contributed by atoms with Crippen molar-refractivity contribution >= 4 is 33.5 Å². The molecule has 80 valence electrons. The summed E-state index contributed by atoms with van der Waals surface area (Å²) in [5.41, 5.74) is 0.510. The molecule has 1 atom stereocenters. The largest absolute Gasteiger partial charge is 0.394 e. The van der Waals surface area contributed by atoms with Crippen LogP contribution in [0.25, 0.3) is 10.9 Å². The molecule has 0 aromatic carbocycles. The number of halogens is 2. The Bertz CT molecular complexity index is 497. The van der Waals surface area contributed by atoms with Gasteiger partial charge in [-0.25, -0.2) is 4.39 Å². The summed E-state index contributed by atoms with van der Waals surface area (Å²) in [4.78, 5) is 3.82. The smallest absolute Gasteiger partial charge is 0.165 e. The molecule has 0 fully saturated rings. The SMILES string of the molecule is C[C@@H](CO)n1cc(I)c2cncc(F)c21. The lowest BCUT2D eigenvalue weighted by molar-refractivity contribution is 0.241. The van der Waals surface area contributed by atoms with Crippen LogP contribution >= 0.6 is 22.6 Å². The maximum atomic E-state index is 13.6. The normalized spacial score (nSPS) is 13.3. The van der Waals surface area contributed by atoms with E-state index in [1.165, 1.54) is 6.20 Å². The Kier molecular flexibility index (Phi) is 2.92. The molecule has 3 nitrogen and oxygen atoms in total. The third-order valence-electron chi connectivity index (χ3n) is 2.38. The zero-order valence-electron chi connectivity index (χ0n) is 8.11. The lowest BCUT2D eigenvalue weighted by Gasteiger charge is -2.11. The van der Waals surface area contributed by atoms with Crippen LogP contribution in [0.1, 0.15) is 13.0 Å². The average Bonchev–Trinajstić information content (AvgIpc) is 2.57. The van der Waals surface area contributed by atoms with Crippen molar-refractivity contribution in [2.24, 2.45) is 0 Å². The molecule has 2 aromatic rings. The fourth-order valence-corrected chi connectivity index (χ4v) is 2.25. The highest BCUT2D eigenvalue weighted by Gasteiger charge is 2.14. The van der Waals surface area contributed by atoms with E-state index in [1.807, 2.05) is 13.1 Å². The third-order valence-corrected chi connectivity index (χ3v) is 3.24. The fraction of sp³-hybridized carbons (Fsp3) is 0.300. The molecule has 0 radical (unpaired) electrons. The molecule has 0 aliphatic rings. The van der Waals surface area contributed by atoms with Crippen molar-refractivity contribution in [1.82, 2.24) is 9.55 Å². The summed E-state index contributed by atoms with van der Waals surface area (Å²) in [7, 11) is 0. The van der Waals surface area contributed by atoms with E-state index in [0.717, 1.165) is 8.96 Å². The molecular formula is C10H10FIN2O. The molecule has 2 heterocycles. The first kappa shape index (κ1) is 10.8. The van der Waals surface area contributed by atoms with Crippen molar-refractivity contribution < 1.29 is 9.50 Å². The van der Waals surface area contributed by atoms with Crippen molar-refractivity contribution in [3.8, 4) is 0 Å². The first-order valence-corrected chi connectivity index (χ1v) is 5.63. The van der Waals surface area contributed by atoms with Crippen molar-refractivity contribution in [3.63, 3.8) is 0 Å². The summed E-state index contributed by atoms with van der Waals surface area (Å²) < 4.78 is 16.3. The minimum Gasteiger partial charge on any atom is -0.394 e. The Labute approximate surface area is 100 Å². The minimum absolute atomic E-state index is 0.0123. The van der Waals surface area contributed by atoms with Crippen molar-refractivity contribution in [2.45, 2.75) is 13.0 Å². The van der Waals surface area contributed by atoms with Crippen LogP contribution in [0.5, 0.6) is 0 Å². The number of fused-ring (bicyclic) bond motifs is 1. The van der Waals surface area contributed by atoms with Gasteiger partial charge in [0.1, 0.15) is 0 Å². The van der Waals surface area contributed by atoms with E-state index in [9.17, 15) is 4.39 Å². The molecule has 0 saturated heterocycles. The lowest BCUT2D eigenvalue weighted by Crippen LogP contribution is -2.08. The van der Waals surface area contributed by atoms with E-state index in [0.29, 0.717) is 5.52 Å². The number of rotatable bonds is 2. The molecule has 0 spiro atoms. The molecule has 0 bridgehead atoms. The average molecular weight is 320 g/mol. The molecular weight excluding hydrogens is 310 g/mol. The molecule has 0 saturated carbocycles. The predicted octanol–water partition coefficient (Wildman–Crippen LogP) is 2.33. The van der Waals surface area contributed by atoms with E-state index in [-0.39, 0.29) is 18.5 Å². The summed E-state index contributed by atoms with van der Waals surface area (Å²) in [6.45, 7) is 1.83. The van der Waals surface area contributed by atoms with Gasteiger partial charge in [0, 0.05) is 21.4 Å². The maximum absolute atomic E-state index is 13.6. The van der Waals surface area contributed by atoms with Crippen LogP contribution in [0.4, 0.5) is 4.39 Å². The van der Waals surface area contributed by atoms with Gasteiger partial charge in [0.2, 0.25) is 0 Å². The second-order valence-electron chi connectivity index (χ2n) is 3.43. The highest BCUT2D eigenvalue weighted by Crippen LogP contribution is 2.26. The molecule has 0 amide bonds. The van der Waals surface area contributed by atoms with Gasteiger partial charge in [-0.2, -0.15) is 0 Å². The quantitative estimate of drug-likeness (QED) is 0.863. The summed E-state index contributed by atoms with van der Waals surface area (Å²) in [6.07, 6.45) is 4.66. The molecule has 15 heavy (non-hydrogen) atoms. The van der Waals surface area contributed by atoms with Gasteiger partial charge in [-0.3, -0.25) is 4.98 Å².